The number of carbonyl (C=O) groups is 3. The van der Waals surface area contributed by atoms with Crippen molar-refractivity contribution in [1.29, 1.82) is 0 Å². The fourth-order valence-electron chi connectivity index (χ4n) is 1.26. The van der Waals surface area contributed by atoms with E-state index in [0.29, 0.717) is 12.2 Å². The number of nitrogens with one attached hydrogen (secondary N) is 1. The first-order valence-corrected chi connectivity index (χ1v) is 5.50. The molecule has 1 unspecified atom stereocenters. The Balaban J connectivity index is 2.34. The highest BCUT2D eigenvalue weighted by atomic mass is 32.2. The normalized spacial score (nSPS) is 23.9. The Kier molecular flexibility index (Phi) is 4.28. The second-order valence-corrected chi connectivity index (χ2v) is 4.47. The molecule has 2 atom stereocenters. The first-order valence-electron chi connectivity index (χ1n) is 4.46. The van der Waals surface area contributed by atoms with Crippen LogP contribution in [-0.4, -0.2) is 41.9 Å². The second-order valence-electron chi connectivity index (χ2n) is 3.24. The molecule has 1 fully saturated rings. The monoisotopic (exact) mass is 215 g/mol. The summed E-state index contributed by atoms with van der Waals surface area (Å²) in [6.45, 7) is 0. The molecule has 5 heteroatoms. The van der Waals surface area contributed by atoms with E-state index in [9.17, 15) is 14.4 Å². The van der Waals surface area contributed by atoms with Gasteiger partial charge in [-0.2, -0.15) is 0 Å². The van der Waals surface area contributed by atoms with Crippen LogP contribution in [0.25, 0.3) is 0 Å². The molecule has 78 valence electrons. The van der Waals surface area contributed by atoms with Crippen LogP contribution in [-0.2, 0) is 14.4 Å². The number of thioether (sulfide) groups is 1. The molecule has 0 spiro atoms. The summed E-state index contributed by atoms with van der Waals surface area (Å²) < 4.78 is 0. The van der Waals surface area contributed by atoms with Gasteiger partial charge in [-0.05, 0) is 7.05 Å². The zero-order valence-corrected chi connectivity index (χ0v) is 8.80. The molecule has 14 heavy (non-hydrogen) atoms. The molecule has 4 nitrogen and oxygen atoms in total. The molecule has 0 aromatic carbocycles. The molecule has 1 aliphatic carbocycles. The Morgan fingerprint density at radius 1 is 1.64 bits per heavy atom. The van der Waals surface area contributed by atoms with Crippen LogP contribution in [0.5, 0.6) is 0 Å². The van der Waals surface area contributed by atoms with Crippen molar-refractivity contribution in [3.63, 3.8) is 0 Å². The van der Waals surface area contributed by atoms with Gasteiger partial charge in [-0.1, -0.05) is 0 Å². The molecule has 1 rings (SSSR count). The molecule has 1 saturated carbocycles. The maximum absolute atomic E-state index is 11.2. The Hall–Kier alpha value is -0.680. The summed E-state index contributed by atoms with van der Waals surface area (Å²) in [5, 5.41) is 2.59. The van der Waals surface area contributed by atoms with Gasteiger partial charge in [0.05, 0.1) is 17.7 Å². The zero-order valence-electron chi connectivity index (χ0n) is 7.99. The van der Waals surface area contributed by atoms with Crippen LogP contribution < -0.4 is 5.32 Å². The van der Waals surface area contributed by atoms with Crippen LogP contribution in [0, 0.1) is 0 Å². The fraction of sp³-hybridized carbons (Fsp3) is 0.667. The lowest BCUT2D eigenvalue weighted by atomic mass is 10.3. The number of carbonyl (C=O) groups excluding carboxylic acids is 3. The van der Waals surface area contributed by atoms with Gasteiger partial charge >= 0.3 is 0 Å². The molecule has 0 aromatic rings. The highest BCUT2D eigenvalue weighted by molar-refractivity contribution is 8.00. The van der Waals surface area contributed by atoms with Crippen molar-refractivity contribution >= 4 is 29.6 Å². The number of Topliss-reactive ketones (excluding diaryl/α,β-unsaturated/α-hetero) is 2. The quantitative estimate of drug-likeness (QED) is 0.508. The molecule has 0 radical (unpaired) electrons. The van der Waals surface area contributed by atoms with E-state index in [2.05, 4.69) is 5.32 Å². The maximum atomic E-state index is 11.2. The van der Waals surface area contributed by atoms with Crippen molar-refractivity contribution < 1.29 is 14.4 Å². The number of hydrogen-bond donors (Lipinski definition) is 1. The minimum Gasteiger partial charge on any atom is -0.310 e. The van der Waals surface area contributed by atoms with E-state index in [1.165, 1.54) is 11.8 Å². The lowest BCUT2D eigenvalue weighted by Crippen LogP contribution is -2.30. The highest BCUT2D eigenvalue weighted by Crippen LogP contribution is 2.24. The van der Waals surface area contributed by atoms with Gasteiger partial charge in [-0.3, -0.25) is 9.59 Å². The molecule has 0 aliphatic heterocycles. The zero-order chi connectivity index (χ0) is 10.6. The van der Waals surface area contributed by atoms with E-state index in [0.717, 1.165) is 6.29 Å². The van der Waals surface area contributed by atoms with Crippen LogP contribution >= 0.6 is 11.8 Å². The van der Waals surface area contributed by atoms with Gasteiger partial charge in [0, 0.05) is 12.2 Å². The number of rotatable bonds is 5. The van der Waals surface area contributed by atoms with Gasteiger partial charge in [-0.25, -0.2) is 0 Å². The smallest absolute Gasteiger partial charge is 0.153 e. The Morgan fingerprint density at radius 3 is 2.79 bits per heavy atom. The van der Waals surface area contributed by atoms with Crippen molar-refractivity contribution in [2.75, 3.05) is 12.8 Å². The number of likely N-dealkylation sites (N-methyl/N-ethyl adjacent to an activating group) is 1. The molecular formula is C9H13NO3S. The van der Waals surface area contributed by atoms with Gasteiger partial charge in [0.25, 0.3) is 0 Å². The van der Waals surface area contributed by atoms with E-state index >= 15 is 0 Å². The van der Waals surface area contributed by atoms with Gasteiger partial charge in [-0.15, -0.1) is 11.8 Å². The molecule has 0 heterocycles. The minimum absolute atomic E-state index is 0.000696. The van der Waals surface area contributed by atoms with E-state index < -0.39 is 0 Å². The van der Waals surface area contributed by atoms with Crippen LogP contribution in [0.15, 0.2) is 0 Å². The summed E-state index contributed by atoms with van der Waals surface area (Å²) in [6.07, 6.45) is 1.22. The largest absolute Gasteiger partial charge is 0.310 e. The molecular weight excluding hydrogens is 202 g/mol. The van der Waals surface area contributed by atoms with Gasteiger partial charge in [0.15, 0.2) is 5.78 Å². The standard InChI is InChI=1S/C9H13NO3S/c1-10-6(4-11)5-14-9-3-7(12)2-8(9)13/h4,6,9-10H,2-3,5H2,1H3/t6-,9?/m1/s1. The van der Waals surface area contributed by atoms with Crippen LogP contribution in [0.1, 0.15) is 12.8 Å². The first-order chi connectivity index (χ1) is 6.67. The molecule has 0 bridgehead atoms. The highest BCUT2D eigenvalue weighted by Gasteiger charge is 2.31. The van der Waals surface area contributed by atoms with Gasteiger partial charge < -0.3 is 10.1 Å². The average Bonchev–Trinajstić information content (AvgIpc) is 2.47. The first kappa shape index (κ1) is 11.4. The molecule has 0 amide bonds. The Labute approximate surface area is 86.8 Å². The van der Waals surface area contributed by atoms with E-state index in [-0.39, 0.29) is 29.3 Å². The lowest BCUT2D eigenvalue weighted by molar-refractivity contribution is -0.121. The molecule has 0 saturated heterocycles. The Bertz CT molecular complexity index is 254. The van der Waals surface area contributed by atoms with Crippen molar-refractivity contribution in [3.8, 4) is 0 Å². The van der Waals surface area contributed by atoms with Crippen molar-refractivity contribution in [2.24, 2.45) is 0 Å². The predicted molar refractivity (Wildman–Crippen MR) is 54.4 cm³/mol. The van der Waals surface area contributed by atoms with Crippen molar-refractivity contribution in [1.82, 2.24) is 5.32 Å². The Morgan fingerprint density at radius 2 is 2.36 bits per heavy atom. The van der Waals surface area contributed by atoms with Crippen LogP contribution in [0.3, 0.4) is 0 Å². The van der Waals surface area contributed by atoms with Gasteiger partial charge in [0.2, 0.25) is 0 Å². The molecule has 0 aromatic heterocycles. The third kappa shape index (κ3) is 2.92. The second kappa shape index (κ2) is 5.26. The van der Waals surface area contributed by atoms with E-state index in [1.807, 2.05) is 0 Å². The van der Waals surface area contributed by atoms with Crippen molar-refractivity contribution in [3.05, 3.63) is 0 Å². The summed E-state index contributed by atoms with van der Waals surface area (Å²) in [5.41, 5.74) is 0. The van der Waals surface area contributed by atoms with Gasteiger partial charge in [0.1, 0.15) is 12.1 Å². The van der Waals surface area contributed by atoms with Crippen LogP contribution in [0.2, 0.25) is 0 Å². The maximum Gasteiger partial charge on any atom is 0.153 e. The fourth-order valence-corrected chi connectivity index (χ4v) is 2.52. The average molecular weight is 215 g/mol. The summed E-state index contributed by atoms with van der Waals surface area (Å²) in [7, 11) is 1.70. The predicted octanol–water partition coefficient (Wildman–Crippen LogP) is -0.193. The summed E-state index contributed by atoms with van der Waals surface area (Å²) in [5.74, 6) is 0.560. The number of ketones is 2. The summed E-state index contributed by atoms with van der Waals surface area (Å²) >= 11 is 1.39. The van der Waals surface area contributed by atoms with E-state index in [1.54, 1.807) is 7.05 Å². The number of hydrogen-bond acceptors (Lipinski definition) is 5. The molecule has 1 aliphatic rings. The third-order valence-electron chi connectivity index (χ3n) is 2.16. The van der Waals surface area contributed by atoms with Crippen LogP contribution in [0.4, 0.5) is 0 Å². The third-order valence-corrected chi connectivity index (χ3v) is 3.54. The minimum atomic E-state index is -0.233. The lowest BCUT2D eigenvalue weighted by Gasteiger charge is -2.10. The topological polar surface area (TPSA) is 63.2 Å². The summed E-state index contributed by atoms with van der Waals surface area (Å²) in [6, 6.07) is -0.233. The number of aldehydes is 1. The summed E-state index contributed by atoms with van der Waals surface area (Å²) in [4.78, 5) is 32.6. The van der Waals surface area contributed by atoms with E-state index in [4.69, 9.17) is 0 Å². The van der Waals surface area contributed by atoms with Crippen molar-refractivity contribution in [2.45, 2.75) is 24.1 Å². The SMILES string of the molecule is CN[C@H](C=O)CSC1CC(=O)CC1=O. The molecule has 1 N–H and O–H groups in total.